The van der Waals surface area contributed by atoms with E-state index in [1.165, 1.54) is 9.80 Å². The summed E-state index contributed by atoms with van der Waals surface area (Å²) < 4.78 is 5.44. The van der Waals surface area contributed by atoms with Gasteiger partial charge in [0.2, 0.25) is 11.6 Å². The lowest BCUT2D eigenvalue weighted by molar-refractivity contribution is -0.160. The van der Waals surface area contributed by atoms with Crippen molar-refractivity contribution in [3.63, 3.8) is 0 Å². The van der Waals surface area contributed by atoms with Crippen LogP contribution in [0.5, 0.6) is 0 Å². The summed E-state index contributed by atoms with van der Waals surface area (Å²) in [5, 5.41) is 2.74. The van der Waals surface area contributed by atoms with E-state index in [9.17, 15) is 19.2 Å². The summed E-state index contributed by atoms with van der Waals surface area (Å²) >= 11 is 0. The largest absolute Gasteiger partial charge is 0.452 e. The first-order chi connectivity index (χ1) is 15.9. The van der Waals surface area contributed by atoms with Crippen LogP contribution in [0.4, 0.5) is 5.69 Å². The molecule has 1 aliphatic carbocycles. The maximum atomic E-state index is 13.5. The van der Waals surface area contributed by atoms with Gasteiger partial charge in [-0.1, -0.05) is 42.0 Å². The topological polar surface area (TPSA) is 96.0 Å². The van der Waals surface area contributed by atoms with Crippen LogP contribution < -0.4 is 10.2 Å². The van der Waals surface area contributed by atoms with E-state index in [0.717, 1.165) is 24.0 Å². The predicted octanol–water partition coefficient (Wildman–Crippen LogP) is 2.30. The number of amides is 3. The Morgan fingerprint density at radius 3 is 2.55 bits per heavy atom. The van der Waals surface area contributed by atoms with Crippen molar-refractivity contribution in [1.29, 1.82) is 0 Å². The molecule has 170 valence electrons. The van der Waals surface area contributed by atoms with Crippen molar-refractivity contribution >= 4 is 29.4 Å². The number of rotatable bonds is 6. The molecule has 0 radical (unpaired) electrons. The highest BCUT2D eigenvalue weighted by Gasteiger charge is 2.64. The van der Waals surface area contributed by atoms with Gasteiger partial charge in [0.25, 0.3) is 11.8 Å². The van der Waals surface area contributed by atoms with E-state index >= 15 is 0 Å². The third-order valence-electron chi connectivity index (χ3n) is 6.48. The van der Waals surface area contributed by atoms with E-state index in [1.807, 2.05) is 31.2 Å². The Morgan fingerprint density at radius 1 is 1.09 bits per heavy atom. The number of para-hydroxylation sites is 1. The molecule has 8 heteroatoms. The second-order valence-corrected chi connectivity index (χ2v) is 8.81. The fraction of sp³-hybridized carbons (Fsp3) is 0.360. The first kappa shape index (κ1) is 21.2. The van der Waals surface area contributed by atoms with Gasteiger partial charge in [-0.3, -0.25) is 19.3 Å². The third-order valence-corrected chi connectivity index (χ3v) is 6.48. The number of ether oxygens (including phenoxy) is 1. The number of carbonyl (C=O) groups is 4. The van der Waals surface area contributed by atoms with Crippen molar-refractivity contribution < 1.29 is 23.9 Å². The average Bonchev–Trinajstić information content (AvgIpc) is 3.59. The van der Waals surface area contributed by atoms with Crippen molar-refractivity contribution in [3.8, 4) is 0 Å². The molecule has 2 aromatic rings. The maximum absolute atomic E-state index is 13.5. The summed E-state index contributed by atoms with van der Waals surface area (Å²) in [6.45, 7) is 1.81. The summed E-state index contributed by atoms with van der Waals surface area (Å²) in [5.74, 6) is -1.70. The van der Waals surface area contributed by atoms with Crippen LogP contribution >= 0.6 is 0 Å². The van der Waals surface area contributed by atoms with Gasteiger partial charge in [0.1, 0.15) is 0 Å². The Labute approximate surface area is 191 Å². The van der Waals surface area contributed by atoms with Gasteiger partial charge >= 0.3 is 5.97 Å². The molecule has 2 aromatic carbocycles. The molecule has 0 bridgehead atoms. The first-order valence-corrected chi connectivity index (χ1v) is 11.2. The Kier molecular flexibility index (Phi) is 5.15. The number of fused-ring (bicyclic) bond motifs is 3. The Balaban J connectivity index is 1.35. The molecule has 2 heterocycles. The van der Waals surface area contributed by atoms with Crippen LogP contribution in [0.15, 0.2) is 48.5 Å². The zero-order valence-electron chi connectivity index (χ0n) is 18.4. The average molecular weight is 447 g/mol. The second kappa shape index (κ2) is 8.03. The molecule has 1 unspecified atom stereocenters. The number of hydrogen-bond acceptors (Lipinski definition) is 5. The fourth-order valence-corrected chi connectivity index (χ4v) is 4.72. The van der Waals surface area contributed by atoms with E-state index in [2.05, 4.69) is 5.32 Å². The highest BCUT2D eigenvalue weighted by molar-refractivity contribution is 6.15. The molecule has 1 saturated heterocycles. The van der Waals surface area contributed by atoms with Gasteiger partial charge in [0.15, 0.2) is 6.61 Å². The van der Waals surface area contributed by atoms with Gasteiger partial charge in [0.05, 0.1) is 11.3 Å². The molecule has 3 amide bonds. The Bertz CT molecular complexity index is 1140. The van der Waals surface area contributed by atoms with E-state index in [-0.39, 0.29) is 30.7 Å². The Hall–Kier alpha value is -3.68. The smallest absolute Gasteiger partial charge is 0.354 e. The van der Waals surface area contributed by atoms with Crippen LogP contribution in [0.25, 0.3) is 0 Å². The quantitative estimate of drug-likeness (QED) is 0.686. The number of nitrogens with one attached hydrogen (secondary N) is 1. The molecule has 0 aromatic heterocycles. The lowest BCUT2D eigenvalue weighted by atomic mass is 9.96. The normalized spacial score (nSPS) is 21.5. The number of anilines is 1. The van der Waals surface area contributed by atoms with Gasteiger partial charge in [-0.25, -0.2) is 4.79 Å². The summed E-state index contributed by atoms with van der Waals surface area (Å²) in [7, 11) is 0. The summed E-state index contributed by atoms with van der Waals surface area (Å²) in [4.78, 5) is 55.0. The maximum Gasteiger partial charge on any atom is 0.354 e. The minimum absolute atomic E-state index is 0.123. The second-order valence-electron chi connectivity index (χ2n) is 8.81. The summed E-state index contributed by atoms with van der Waals surface area (Å²) in [6, 6.07) is 14.5. The van der Waals surface area contributed by atoms with Crippen molar-refractivity contribution in [3.05, 3.63) is 65.2 Å². The number of aryl methyl sites for hydroxylation is 1. The minimum Gasteiger partial charge on any atom is -0.452 e. The van der Waals surface area contributed by atoms with Crippen LogP contribution in [0.1, 0.15) is 47.2 Å². The van der Waals surface area contributed by atoms with Gasteiger partial charge in [-0.2, -0.15) is 0 Å². The molecule has 3 aliphatic rings. The first-order valence-electron chi connectivity index (χ1n) is 11.2. The van der Waals surface area contributed by atoms with Crippen LogP contribution in [0.3, 0.4) is 0 Å². The van der Waals surface area contributed by atoms with E-state index in [0.29, 0.717) is 17.8 Å². The standard InChI is InChI=1S/C25H25N3O5/c1-16-6-8-17(9-7-16)14-26-21(29)15-33-24(32)25-13-12-22(30)28(25)20-5-3-2-4-19(20)23(31)27(25)18-10-11-18/h2-9,18H,10-15H2,1H3,(H,26,29). The van der Waals surface area contributed by atoms with Gasteiger partial charge in [0, 0.05) is 25.4 Å². The van der Waals surface area contributed by atoms with Gasteiger partial charge in [-0.05, 0) is 37.5 Å². The zero-order chi connectivity index (χ0) is 23.2. The third kappa shape index (κ3) is 3.55. The van der Waals surface area contributed by atoms with E-state index in [4.69, 9.17) is 4.74 Å². The van der Waals surface area contributed by atoms with Crippen molar-refractivity contribution in [1.82, 2.24) is 10.2 Å². The monoisotopic (exact) mass is 447 g/mol. The number of carbonyl (C=O) groups excluding carboxylic acids is 4. The molecular weight excluding hydrogens is 422 g/mol. The van der Waals surface area contributed by atoms with Crippen molar-refractivity contribution in [2.24, 2.45) is 0 Å². The highest BCUT2D eigenvalue weighted by Crippen LogP contribution is 2.49. The molecule has 33 heavy (non-hydrogen) atoms. The molecule has 2 fully saturated rings. The number of nitrogens with zero attached hydrogens (tertiary/aromatic N) is 2. The highest BCUT2D eigenvalue weighted by atomic mass is 16.5. The fourth-order valence-electron chi connectivity index (χ4n) is 4.72. The van der Waals surface area contributed by atoms with Crippen LogP contribution in [-0.2, 0) is 25.7 Å². The lowest BCUT2D eigenvalue weighted by Gasteiger charge is -2.48. The summed E-state index contributed by atoms with van der Waals surface area (Å²) in [5.41, 5.74) is 1.33. The molecular formula is C25H25N3O5. The molecule has 0 spiro atoms. The SMILES string of the molecule is Cc1ccc(CNC(=O)COC(=O)C23CCC(=O)N2c2ccccc2C(=O)N3C2CC2)cc1. The molecule has 5 rings (SSSR count). The van der Waals surface area contributed by atoms with Gasteiger partial charge in [-0.15, -0.1) is 0 Å². The lowest BCUT2D eigenvalue weighted by Crippen LogP contribution is -2.69. The predicted molar refractivity (Wildman–Crippen MR) is 119 cm³/mol. The van der Waals surface area contributed by atoms with Crippen LogP contribution in [0, 0.1) is 6.92 Å². The molecule has 8 nitrogen and oxygen atoms in total. The van der Waals surface area contributed by atoms with Crippen molar-refractivity contribution in [2.45, 2.75) is 50.9 Å². The number of esters is 1. The number of benzene rings is 2. The molecule has 1 N–H and O–H groups in total. The molecule has 1 atom stereocenters. The van der Waals surface area contributed by atoms with Gasteiger partial charge < -0.3 is 15.0 Å². The Morgan fingerprint density at radius 2 is 1.82 bits per heavy atom. The number of hydrogen-bond donors (Lipinski definition) is 1. The van der Waals surface area contributed by atoms with Crippen LogP contribution in [0.2, 0.25) is 0 Å². The zero-order valence-corrected chi connectivity index (χ0v) is 18.4. The molecule has 1 saturated carbocycles. The summed E-state index contributed by atoms with van der Waals surface area (Å²) in [6.07, 6.45) is 1.80. The van der Waals surface area contributed by atoms with Crippen molar-refractivity contribution in [2.75, 3.05) is 11.5 Å². The van der Waals surface area contributed by atoms with E-state index < -0.39 is 24.1 Å². The molecule has 2 aliphatic heterocycles. The minimum atomic E-state index is -1.54. The van der Waals surface area contributed by atoms with E-state index in [1.54, 1.807) is 24.3 Å². The van der Waals surface area contributed by atoms with Crippen LogP contribution in [-0.4, -0.2) is 46.9 Å².